The average Bonchev–Trinajstić information content (AvgIpc) is 2.95. The van der Waals surface area contributed by atoms with Crippen LogP contribution in [0.15, 0.2) is 0 Å². The molecule has 0 saturated carbocycles. The average molecular weight is 296 g/mol. The van der Waals surface area contributed by atoms with Crippen LogP contribution in [-0.4, -0.2) is 56.0 Å². The number of nitrogens with zero attached hydrogens (tertiary/aromatic N) is 1. The van der Waals surface area contributed by atoms with Gasteiger partial charge in [-0.2, -0.15) is 0 Å². The lowest BCUT2D eigenvalue weighted by atomic mass is 9.89. The van der Waals surface area contributed by atoms with Crippen molar-refractivity contribution in [1.29, 1.82) is 0 Å². The van der Waals surface area contributed by atoms with Crippen LogP contribution in [0.4, 0.5) is 0 Å². The van der Waals surface area contributed by atoms with E-state index in [-0.39, 0.29) is 12.2 Å². The lowest BCUT2D eigenvalue weighted by Gasteiger charge is -2.39. The Morgan fingerprint density at radius 3 is 2.90 bits per heavy atom. The largest absolute Gasteiger partial charge is 0.356 e. The third-order valence-electron chi connectivity index (χ3n) is 5.04. The number of piperidine rings is 1. The number of amides is 1. The summed E-state index contributed by atoms with van der Waals surface area (Å²) < 4.78 is 11.5. The first-order valence-corrected chi connectivity index (χ1v) is 8.57. The predicted molar refractivity (Wildman–Crippen MR) is 79.9 cm³/mol. The molecule has 5 nitrogen and oxygen atoms in total. The van der Waals surface area contributed by atoms with Gasteiger partial charge in [-0.15, -0.1) is 0 Å². The molecule has 0 radical (unpaired) electrons. The lowest BCUT2D eigenvalue weighted by Crippen LogP contribution is -2.46. The zero-order chi connectivity index (χ0) is 14.5. The highest BCUT2D eigenvalue weighted by atomic mass is 16.7. The molecule has 3 rings (SSSR count). The van der Waals surface area contributed by atoms with Gasteiger partial charge < -0.3 is 14.8 Å². The van der Waals surface area contributed by atoms with Gasteiger partial charge in [0.1, 0.15) is 0 Å². The van der Waals surface area contributed by atoms with Crippen molar-refractivity contribution in [3.05, 3.63) is 0 Å². The van der Waals surface area contributed by atoms with Gasteiger partial charge in [0.25, 0.3) is 0 Å². The first-order chi connectivity index (χ1) is 10.3. The maximum absolute atomic E-state index is 11.5. The molecule has 3 atom stereocenters. The second-order valence-corrected chi connectivity index (χ2v) is 6.53. The Balaban J connectivity index is 1.44. The highest BCUT2D eigenvalue weighted by Gasteiger charge is 2.34. The van der Waals surface area contributed by atoms with E-state index in [4.69, 9.17) is 9.47 Å². The SMILES string of the molecule is O=C1C[C@H]([C@@H]2CCCCN2CCO[C@@H]2CCCCO2)CN1. The molecule has 0 aromatic rings. The molecule has 3 fully saturated rings. The van der Waals surface area contributed by atoms with Crippen LogP contribution in [0.25, 0.3) is 0 Å². The third-order valence-corrected chi connectivity index (χ3v) is 5.04. The van der Waals surface area contributed by atoms with Crippen molar-refractivity contribution in [2.75, 3.05) is 32.8 Å². The molecule has 5 heteroatoms. The zero-order valence-corrected chi connectivity index (χ0v) is 12.9. The Hall–Kier alpha value is -0.650. The zero-order valence-electron chi connectivity index (χ0n) is 12.9. The van der Waals surface area contributed by atoms with Crippen LogP contribution in [0.3, 0.4) is 0 Å². The summed E-state index contributed by atoms with van der Waals surface area (Å²) in [6.45, 7) is 4.55. The van der Waals surface area contributed by atoms with E-state index in [2.05, 4.69) is 10.2 Å². The van der Waals surface area contributed by atoms with Crippen LogP contribution in [0.5, 0.6) is 0 Å². The fourth-order valence-electron chi connectivity index (χ4n) is 3.87. The monoisotopic (exact) mass is 296 g/mol. The van der Waals surface area contributed by atoms with Crippen molar-refractivity contribution in [2.24, 2.45) is 5.92 Å². The Kier molecular flexibility index (Phi) is 5.49. The summed E-state index contributed by atoms with van der Waals surface area (Å²) >= 11 is 0. The summed E-state index contributed by atoms with van der Waals surface area (Å²) in [5, 5.41) is 2.98. The molecule has 0 aromatic carbocycles. The Labute approximate surface area is 127 Å². The van der Waals surface area contributed by atoms with E-state index in [1.807, 2.05) is 0 Å². The maximum Gasteiger partial charge on any atom is 0.220 e. The van der Waals surface area contributed by atoms with Crippen molar-refractivity contribution in [3.8, 4) is 0 Å². The van der Waals surface area contributed by atoms with Gasteiger partial charge in [0.05, 0.1) is 6.61 Å². The molecule has 3 aliphatic rings. The molecular weight excluding hydrogens is 268 g/mol. The number of nitrogens with one attached hydrogen (secondary N) is 1. The van der Waals surface area contributed by atoms with E-state index in [1.54, 1.807) is 0 Å². The minimum Gasteiger partial charge on any atom is -0.356 e. The molecule has 0 aliphatic carbocycles. The summed E-state index contributed by atoms with van der Waals surface area (Å²) in [5.74, 6) is 0.709. The summed E-state index contributed by atoms with van der Waals surface area (Å²) in [7, 11) is 0. The molecule has 1 amide bonds. The molecule has 0 aromatic heterocycles. The van der Waals surface area contributed by atoms with Crippen molar-refractivity contribution >= 4 is 5.91 Å². The van der Waals surface area contributed by atoms with Crippen LogP contribution >= 0.6 is 0 Å². The number of hydrogen-bond acceptors (Lipinski definition) is 4. The first-order valence-electron chi connectivity index (χ1n) is 8.57. The standard InChI is InChI=1S/C16H28N2O3/c19-15-11-13(12-17-15)14-5-1-3-7-18(14)8-10-21-16-6-2-4-9-20-16/h13-14,16H,1-12H2,(H,17,19)/t13-,14-,16+/m0/s1. The molecular formula is C16H28N2O3. The van der Waals surface area contributed by atoms with Crippen LogP contribution in [-0.2, 0) is 14.3 Å². The van der Waals surface area contributed by atoms with Crippen LogP contribution < -0.4 is 5.32 Å². The van der Waals surface area contributed by atoms with Gasteiger partial charge in [-0.25, -0.2) is 0 Å². The van der Waals surface area contributed by atoms with Crippen LogP contribution in [0.2, 0.25) is 0 Å². The molecule has 0 bridgehead atoms. The fraction of sp³-hybridized carbons (Fsp3) is 0.938. The van der Waals surface area contributed by atoms with E-state index < -0.39 is 0 Å². The number of hydrogen-bond donors (Lipinski definition) is 1. The number of rotatable bonds is 5. The topological polar surface area (TPSA) is 50.8 Å². The first kappa shape index (κ1) is 15.3. The lowest BCUT2D eigenvalue weighted by molar-refractivity contribution is -0.165. The quantitative estimate of drug-likeness (QED) is 0.836. The van der Waals surface area contributed by atoms with E-state index >= 15 is 0 Å². The van der Waals surface area contributed by atoms with Crippen LogP contribution in [0.1, 0.15) is 44.9 Å². The van der Waals surface area contributed by atoms with Gasteiger partial charge in [0.2, 0.25) is 5.91 Å². The smallest absolute Gasteiger partial charge is 0.220 e. The molecule has 21 heavy (non-hydrogen) atoms. The summed E-state index contributed by atoms with van der Waals surface area (Å²) in [5.41, 5.74) is 0. The van der Waals surface area contributed by atoms with Gasteiger partial charge in [0, 0.05) is 38.1 Å². The summed E-state index contributed by atoms with van der Waals surface area (Å²) in [6, 6.07) is 0.550. The van der Waals surface area contributed by atoms with Gasteiger partial charge in [0.15, 0.2) is 6.29 Å². The van der Waals surface area contributed by atoms with Gasteiger partial charge in [-0.3, -0.25) is 9.69 Å². The molecule has 3 aliphatic heterocycles. The maximum atomic E-state index is 11.5. The highest BCUT2D eigenvalue weighted by Crippen LogP contribution is 2.27. The number of carbonyl (C=O) groups excluding carboxylic acids is 1. The Morgan fingerprint density at radius 2 is 2.14 bits per heavy atom. The van der Waals surface area contributed by atoms with E-state index in [1.165, 1.54) is 25.7 Å². The second-order valence-electron chi connectivity index (χ2n) is 6.53. The molecule has 3 saturated heterocycles. The van der Waals surface area contributed by atoms with Crippen molar-refractivity contribution in [2.45, 2.75) is 57.3 Å². The highest BCUT2D eigenvalue weighted by molar-refractivity contribution is 5.78. The minimum absolute atomic E-state index is 0.0108. The second kappa shape index (κ2) is 7.56. The molecule has 1 N–H and O–H groups in total. The minimum atomic E-state index is 0.0108. The fourth-order valence-corrected chi connectivity index (χ4v) is 3.87. The van der Waals surface area contributed by atoms with Crippen molar-refractivity contribution in [3.63, 3.8) is 0 Å². The number of ether oxygens (including phenoxy) is 2. The third kappa shape index (κ3) is 4.18. The van der Waals surface area contributed by atoms with Gasteiger partial charge >= 0.3 is 0 Å². The van der Waals surface area contributed by atoms with E-state index in [0.717, 1.165) is 45.7 Å². The Morgan fingerprint density at radius 1 is 1.24 bits per heavy atom. The van der Waals surface area contributed by atoms with Crippen molar-refractivity contribution in [1.82, 2.24) is 10.2 Å². The predicted octanol–water partition coefficient (Wildman–Crippen LogP) is 1.52. The van der Waals surface area contributed by atoms with E-state index in [9.17, 15) is 4.79 Å². The molecule has 0 spiro atoms. The van der Waals surface area contributed by atoms with E-state index in [0.29, 0.717) is 18.4 Å². The normalized spacial score (nSPS) is 34.9. The molecule has 3 heterocycles. The van der Waals surface area contributed by atoms with Gasteiger partial charge in [-0.1, -0.05) is 6.42 Å². The molecule has 0 unspecified atom stereocenters. The number of likely N-dealkylation sites (tertiary alicyclic amines) is 1. The molecule has 120 valence electrons. The summed E-state index contributed by atoms with van der Waals surface area (Å²) in [4.78, 5) is 14.0. The van der Waals surface area contributed by atoms with Gasteiger partial charge in [-0.05, 0) is 38.6 Å². The Bertz CT molecular complexity index is 344. The summed E-state index contributed by atoms with van der Waals surface area (Å²) in [6.07, 6.45) is 7.90. The van der Waals surface area contributed by atoms with Crippen molar-refractivity contribution < 1.29 is 14.3 Å². The number of carbonyl (C=O) groups is 1. The van der Waals surface area contributed by atoms with Crippen LogP contribution in [0, 0.1) is 5.92 Å².